The van der Waals surface area contributed by atoms with E-state index in [1.807, 2.05) is 24.5 Å². The number of pyridine rings is 1. The number of unbranched alkanes of at least 4 members (excludes halogenated alkanes) is 1. The zero-order valence-corrected chi connectivity index (χ0v) is 7.51. The first kappa shape index (κ1) is 8.54. The molecule has 0 bridgehead atoms. The van der Waals surface area contributed by atoms with Crippen LogP contribution in [0.15, 0.2) is 24.5 Å². The van der Waals surface area contributed by atoms with Crippen LogP contribution in [0.2, 0.25) is 5.02 Å². The van der Waals surface area contributed by atoms with Crippen LogP contribution in [0.25, 0.3) is 0 Å². The number of halogens is 1. The molecule has 2 heteroatoms. The Hall–Kier alpha value is -0.560. The second-order valence-corrected chi connectivity index (χ2v) is 3.05. The van der Waals surface area contributed by atoms with Gasteiger partial charge in [0.1, 0.15) is 11.6 Å². The Balaban J connectivity index is 2.56. The Morgan fingerprint density at radius 2 is 2.36 bits per heavy atom. The van der Waals surface area contributed by atoms with Crippen LogP contribution in [0.3, 0.4) is 0 Å². The van der Waals surface area contributed by atoms with Gasteiger partial charge < -0.3 is 0 Å². The molecule has 0 atom stereocenters. The standard InChI is InChI=1S/C9H13ClN/c1-2-3-6-11-7-4-5-9(10)8-11/h4-5,7-8H,2-3,6H2,1H3/q+1. The van der Waals surface area contributed by atoms with Gasteiger partial charge in [0.15, 0.2) is 12.4 Å². The monoisotopic (exact) mass is 170 g/mol. The zero-order valence-electron chi connectivity index (χ0n) is 6.76. The summed E-state index contributed by atoms with van der Waals surface area (Å²) in [6, 6.07) is 3.86. The van der Waals surface area contributed by atoms with E-state index in [2.05, 4.69) is 11.5 Å². The topological polar surface area (TPSA) is 3.88 Å². The second kappa shape index (κ2) is 4.35. The van der Waals surface area contributed by atoms with E-state index in [-0.39, 0.29) is 0 Å². The lowest BCUT2D eigenvalue weighted by Gasteiger charge is -1.93. The van der Waals surface area contributed by atoms with Gasteiger partial charge in [-0.15, -0.1) is 0 Å². The summed E-state index contributed by atoms with van der Waals surface area (Å²) in [5, 5.41) is 0.809. The molecule has 0 aliphatic rings. The fourth-order valence-electron chi connectivity index (χ4n) is 0.970. The Morgan fingerprint density at radius 1 is 1.55 bits per heavy atom. The molecule has 1 heterocycles. The summed E-state index contributed by atoms with van der Waals surface area (Å²) >= 11 is 5.80. The number of aromatic nitrogens is 1. The van der Waals surface area contributed by atoms with Crippen molar-refractivity contribution in [2.45, 2.75) is 26.3 Å². The summed E-state index contributed by atoms with van der Waals surface area (Å²) in [5.74, 6) is 0. The molecule has 0 aliphatic carbocycles. The fraction of sp³-hybridized carbons (Fsp3) is 0.444. The number of hydrogen-bond acceptors (Lipinski definition) is 0. The molecule has 1 aromatic rings. The third-order valence-corrected chi connectivity index (χ3v) is 1.82. The average Bonchev–Trinajstić information content (AvgIpc) is 2.01. The van der Waals surface area contributed by atoms with E-state index in [1.165, 1.54) is 12.8 Å². The van der Waals surface area contributed by atoms with Crippen LogP contribution < -0.4 is 4.57 Å². The van der Waals surface area contributed by atoms with Crippen LogP contribution in [0.4, 0.5) is 0 Å². The minimum absolute atomic E-state index is 0.809. The molecule has 0 fully saturated rings. The van der Waals surface area contributed by atoms with Gasteiger partial charge in [-0.2, -0.15) is 0 Å². The normalized spacial score (nSPS) is 10.0. The van der Waals surface area contributed by atoms with Gasteiger partial charge in [-0.3, -0.25) is 0 Å². The van der Waals surface area contributed by atoms with Crippen molar-refractivity contribution in [3.63, 3.8) is 0 Å². The first-order chi connectivity index (χ1) is 5.33. The van der Waals surface area contributed by atoms with Crippen LogP contribution in [-0.2, 0) is 6.54 Å². The van der Waals surface area contributed by atoms with E-state index < -0.39 is 0 Å². The first-order valence-corrected chi connectivity index (χ1v) is 4.35. The van der Waals surface area contributed by atoms with Gasteiger partial charge >= 0.3 is 0 Å². The third-order valence-electron chi connectivity index (χ3n) is 1.59. The first-order valence-electron chi connectivity index (χ1n) is 3.97. The van der Waals surface area contributed by atoms with Crippen molar-refractivity contribution < 1.29 is 4.57 Å². The predicted octanol–water partition coefficient (Wildman–Crippen LogP) is 2.43. The lowest BCUT2D eigenvalue weighted by molar-refractivity contribution is -0.697. The SMILES string of the molecule is CCCC[n+]1cccc(Cl)c1. The van der Waals surface area contributed by atoms with E-state index in [1.54, 1.807) is 0 Å². The fourth-order valence-corrected chi connectivity index (χ4v) is 1.17. The van der Waals surface area contributed by atoms with Crippen molar-refractivity contribution in [1.82, 2.24) is 0 Å². The smallest absolute Gasteiger partial charge is 0.187 e. The van der Waals surface area contributed by atoms with Gasteiger partial charge in [0.2, 0.25) is 0 Å². The van der Waals surface area contributed by atoms with Crippen molar-refractivity contribution in [3.8, 4) is 0 Å². The maximum Gasteiger partial charge on any atom is 0.187 e. The number of rotatable bonds is 3. The maximum atomic E-state index is 5.80. The van der Waals surface area contributed by atoms with Crippen LogP contribution in [0.5, 0.6) is 0 Å². The highest BCUT2D eigenvalue weighted by Crippen LogP contribution is 2.01. The highest BCUT2D eigenvalue weighted by atomic mass is 35.5. The molecule has 1 rings (SSSR count). The Morgan fingerprint density at radius 3 is 3.00 bits per heavy atom. The molecular weight excluding hydrogens is 158 g/mol. The highest BCUT2D eigenvalue weighted by Gasteiger charge is 1.98. The van der Waals surface area contributed by atoms with Crippen molar-refractivity contribution in [3.05, 3.63) is 29.5 Å². The zero-order chi connectivity index (χ0) is 8.10. The van der Waals surface area contributed by atoms with E-state index in [0.717, 1.165) is 11.6 Å². The minimum atomic E-state index is 0.809. The Kier molecular flexibility index (Phi) is 3.37. The third kappa shape index (κ3) is 2.89. The van der Waals surface area contributed by atoms with Gasteiger partial charge in [-0.05, 0) is 6.07 Å². The minimum Gasteiger partial charge on any atom is -0.204 e. The molecule has 0 aromatic carbocycles. The van der Waals surface area contributed by atoms with Gasteiger partial charge in [0, 0.05) is 12.5 Å². The Bertz CT molecular complexity index is 223. The molecule has 0 amide bonds. The summed E-state index contributed by atoms with van der Waals surface area (Å²) in [5.41, 5.74) is 0. The molecule has 0 N–H and O–H groups in total. The average molecular weight is 171 g/mol. The van der Waals surface area contributed by atoms with Gasteiger partial charge in [-0.25, -0.2) is 4.57 Å². The lowest BCUT2D eigenvalue weighted by atomic mass is 10.3. The molecule has 0 saturated heterocycles. The summed E-state index contributed by atoms with van der Waals surface area (Å²) in [4.78, 5) is 0. The molecule has 1 aromatic heterocycles. The van der Waals surface area contributed by atoms with Crippen molar-refractivity contribution in [1.29, 1.82) is 0 Å². The van der Waals surface area contributed by atoms with Gasteiger partial charge in [-0.1, -0.05) is 24.9 Å². The van der Waals surface area contributed by atoms with E-state index >= 15 is 0 Å². The van der Waals surface area contributed by atoms with Gasteiger partial charge in [0.05, 0.1) is 0 Å². The van der Waals surface area contributed by atoms with Crippen LogP contribution in [0.1, 0.15) is 19.8 Å². The van der Waals surface area contributed by atoms with Crippen LogP contribution in [-0.4, -0.2) is 0 Å². The summed E-state index contributed by atoms with van der Waals surface area (Å²) in [7, 11) is 0. The summed E-state index contributed by atoms with van der Waals surface area (Å²) in [6.45, 7) is 3.25. The summed E-state index contributed by atoms with van der Waals surface area (Å²) < 4.78 is 2.12. The largest absolute Gasteiger partial charge is 0.204 e. The number of hydrogen-bond donors (Lipinski definition) is 0. The molecule has 60 valence electrons. The number of nitrogens with zero attached hydrogens (tertiary/aromatic N) is 1. The van der Waals surface area contributed by atoms with E-state index in [4.69, 9.17) is 11.6 Å². The van der Waals surface area contributed by atoms with E-state index in [0.29, 0.717) is 0 Å². The Labute approximate surface area is 72.6 Å². The molecule has 11 heavy (non-hydrogen) atoms. The van der Waals surface area contributed by atoms with Crippen LogP contribution >= 0.6 is 11.6 Å². The molecule has 0 aliphatic heterocycles. The number of aryl methyl sites for hydroxylation is 1. The second-order valence-electron chi connectivity index (χ2n) is 2.61. The highest BCUT2D eigenvalue weighted by molar-refractivity contribution is 6.30. The maximum absolute atomic E-state index is 5.80. The molecule has 0 unspecified atom stereocenters. The summed E-state index contributed by atoms with van der Waals surface area (Å²) in [6.07, 6.45) is 6.43. The molecular formula is C9H13ClN+. The van der Waals surface area contributed by atoms with Gasteiger partial charge in [0.25, 0.3) is 0 Å². The van der Waals surface area contributed by atoms with Crippen molar-refractivity contribution in [2.24, 2.45) is 0 Å². The van der Waals surface area contributed by atoms with Crippen LogP contribution in [0, 0.1) is 0 Å². The molecule has 0 radical (unpaired) electrons. The van der Waals surface area contributed by atoms with Crippen molar-refractivity contribution >= 4 is 11.6 Å². The quantitative estimate of drug-likeness (QED) is 0.614. The van der Waals surface area contributed by atoms with Crippen molar-refractivity contribution in [2.75, 3.05) is 0 Å². The van der Waals surface area contributed by atoms with E-state index in [9.17, 15) is 0 Å². The lowest BCUT2D eigenvalue weighted by Crippen LogP contribution is -2.32. The molecule has 0 spiro atoms. The molecule has 0 saturated carbocycles. The predicted molar refractivity (Wildman–Crippen MR) is 46.6 cm³/mol. The molecule has 1 nitrogen and oxygen atoms in total.